The third kappa shape index (κ3) is 105. The molecular formula is C6H15I3OV-. The van der Waals surface area contributed by atoms with Gasteiger partial charge in [0.05, 0.1) is 0 Å². The summed E-state index contributed by atoms with van der Waals surface area (Å²) < 4.78 is 4.00. The molecule has 0 fully saturated rings. The van der Waals surface area contributed by atoms with Crippen molar-refractivity contribution in [2.24, 2.45) is 0 Å². The number of halogens is 3. The molecule has 0 bridgehead atoms. The van der Waals surface area contributed by atoms with Crippen molar-refractivity contribution in [3.63, 3.8) is 0 Å². The van der Waals surface area contributed by atoms with Gasteiger partial charge in [0.25, 0.3) is 0 Å². The van der Waals surface area contributed by atoms with Crippen molar-refractivity contribution in [3.05, 3.63) is 7.11 Å². The third-order valence-corrected chi connectivity index (χ3v) is 0.500. The van der Waals surface area contributed by atoms with E-state index in [0.717, 1.165) is 0 Å². The Labute approximate surface area is 108 Å². The summed E-state index contributed by atoms with van der Waals surface area (Å²) in [6, 6.07) is 0. The molecule has 0 amide bonds. The molecule has 72 valence electrons. The minimum atomic E-state index is -0.278. The molecule has 0 aromatic rings. The Kier molecular flexibility index (Phi) is 40.4. The van der Waals surface area contributed by atoms with Crippen LogP contribution in [0.2, 0.25) is 0 Å². The fourth-order valence-electron chi connectivity index (χ4n) is 0. The molecule has 0 saturated heterocycles. The topological polar surface area (TPSA) is 9.23 Å². The minimum absolute atomic E-state index is 0.278. The second kappa shape index (κ2) is 23.0. The van der Waals surface area contributed by atoms with Crippen molar-refractivity contribution in [1.29, 1.82) is 0 Å². The van der Waals surface area contributed by atoms with E-state index in [9.17, 15) is 0 Å². The van der Waals surface area contributed by atoms with Crippen LogP contribution in [0.3, 0.4) is 0 Å². The Morgan fingerprint density at radius 2 is 1.27 bits per heavy atom. The van der Waals surface area contributed by atoms with Crippen LogP contribution in [0.1, 0.15) is 26.7 Å². The van der Waals surface area contributed by atoms with Gasteiger partial charge in [-0.15, -0.1) is 0 Å². The first kappa shape index (κ1) is 19.3. The van der Waals surface area contributed by atoms with Crippen LogP contribution < -0.4 is 0 Å². The Balaban J connectivity index is -0.0000000886. The van der Waals surface area contributed by atoms with Gasteiger partial charge in [0, 0.05) is 0 Å². The maximum atomic E-state index is 4.00. The molecule has 0 radical (unpaired) electrons. The van der Waals surface area contributed by atoms with E-state index >= 15 is 0 Å². The van der Waals surface area contributed by atoms with E-state index in [4.69, 9.17) is 0 Å². The van der Waals surface area contributed by atoms with Gasteiger partial charge in [0.2, 0.25) is 0 Å². The van der Waals surface area contributed by atoms with Gasteiger partial charge in [-0.2, -0.15) is 0 Å². The van der Waals surface area contributed by atoms with Gasteiger partial charge in [-0.3, -0.25) is 0 Å². The number of methoxy groups -OCH3 is 1. The molecule has 0 heterocycles. The summed E-state index contributed by atoms with van der Waals surface area (Å²) in [7, 11) is 4.50. The zero-order chi connectivity index (χ0) is 9.70. The van der Waals surface area contributed by atoms with Crippen molar-refractivity contribution in [2.45, 2.75) is 26.7 Å². The van der Waals surface area contributed by atoms with Gasteiger partial charge in [-0.25, -0.2) is 7.11 Å². The zero-order valence-electron chi connectivity index (χ0n) is 7.11. The van der Waals surface area contributed by atoms with Crippen molar-refractivity contribution in [3.8, 4) is 0 Å². The summed E-state index contributed by atoms with van der Waals surface area (Å²) >= 11 is 7.39. The summed E-state index contributed by atoms with van der Waals surface area (Å²) in [5.41, 5.74) is 0. The molecule has 0 aliphatic heterocycles. The molecule has 1 nitrogen and oxygen atoms in total. The summed E-state index contributed by atoms with van der Waals surface area (Å²) in [5, 5.41) is 0. The van der Waals surface area contributed by atoms with Gasteiger partial charge < -0.3 is 4.74 Å². The van der Waals surface area contributed by atoms with Crippen molar-refractivity contribution >= 4 is 59.9 Å². The third-order valence-electron chi connectivity index (χ3n) is 0.500. The molecule has 0 rings (SSSR count). The fourth-order valence-corrected chi connectivity index (χ4v) is 0. The molecule has 0 aliphatic rings. The van der Waals surface area contributed by atoms with Crippen LogP contribution in [-0.2, 0) is 9.66 Å². The first-order valence-corrected chi connectivity index (χ1v) is 16.6. The van der Waals surface area contributed by atoms with Crippen molar-refractivity contribution in [1.82, 2.24) is 0 Å². The molecule has 0 aromatic carbocycles. The number of hydrogen-bond donors (Lipinski definition) is 0. The number of unbranched alkanes of at least 4 members (excludes halogenated alkanes) is 1. The zero-order valence-corrected chi connectivity index (χ0v) is 15.0. The second-order valence-electron chi connectivity index (χ2n) is 1.48. The van der Waals surface area contributed by atoms with Crippen LogP contribution in [0, 0.1) is 7.11 Å². The van der Waals surface area contributed by atoms with Crippen LogP contribution in [0.25, 0.3) is 0 Å². The Hall–Kier alpha value is 2.73. The molecule has 0 unspecified atom stereocenters. The number of rotatable bonds is 1. The predicted molar refractivity (Wildman–Crippen MR) is 75.0 cm³/mol. The Morgan fingerprint density at radius 1 is 1.18 bits per heavy atom. The van der Waals surface area contributed by atoms with E-state index in [1.54, 1.807) is 0 Å². The molecule has 11 heavy (non-hydrogen) atoms. The van der Waals surface area contributed by atoms with Gasteiger partial charge in [-0.1, -0.05) is 26.7 Å². The van der Waals surface area contributed by atoms with Gasteiger partial charge in [-0.05, 0) is 7.11 Å². The maximum absolute atomic E-state index is 4.00. The molecule has 0 atom stereocenters. The summed E-state index contributed by atoms with van der Waals surface area (Å²) in [6.45, 7) is 4.36. The quantitative estimate of drug-likeness (QED) is 0.344. The average molecular weight is 535 g/mol. The summed E-state index contributed by atoms with van der Waals surface area (Å²) in [6.07, 6.45) is 2.64. The van der Waals surface area contributed by atoms with E-state index in [2.05, 4.69) is 85.6 Å². The standard InChI is InChI=1S/C4H10.C2H5O.3HI.V/c1-3-4-2;1-3-2;;;;/h3-4H2,1-2H3;1H2,2H3;3*1H;/q;-1;;;;+3/p-3. The van der Waals surface area contributed by atoms with E-state index in [-0.39, 0.29) is 4.92 Å². The van der Waals surface area contributed by atoms with E-state index in [1.165, 1.54) is 20.0 Å². The normalized spacial score (nSPS) is 7.64. The molecule has 0 aromatic heterocycles. The van der Waals surface area contributed by atoms with Gasteiger partial charge in [0.1, 0.15) is 0 Å². The van der Waals surface area contributed by atoms with Crippen molar-refractivity contribution in [2.75, 3.05) is 7.11 Å². The van der Waals surface area contributed by atoms with Crippen molar-refractivity contribution < 1.29 is 9.66 Å². The molecule has 0 spiro atoms. The molecule has 0 aliphatic carbocycles. The monoisotopic (exact) mass is 535 g/mol. The van der Waals surface area contributed by atoms with E-state index in [0.29, 0.717) is 0 Å². The van der Waals surface area contributed by atoms with Gasteiger partial charge >= 0.3 is 64.9 Å². The molecule has 0 N–H and O–H groups in total. The Morgan fingerprint density at radius 3 is 1.27 bits per heavy atom. The van der Waals surface area contributed by atoms with Crippen LogP contribution in [0.4, 0.5) is 0 Å². The first-order valence-electron chi connectivity index (χ1n) is 3.12. The van der Waals surface area contributed by atoms with Crippen LogP contribution in [0.15, 0.2) is 0 Å². The first-order chi connectivity index (χ1) is 5.06. The average Bonchev–Trinajstić information content (AvgIpc) is 1.88. The fraction of sp³-hybridized carbons (Fsp3) is 0.833. The predicted octanol–water partition coefficient (Wildman–Crippen LogP) is 4.89. The summed E-state index contributed by atoms with van der Waals surface area (Å²) in [5.74, 6) is 0. The molecule has 5 heteroatoms. The second-order valence-corrected chi connectivity index (χ2v) is 36.8. The van der Waals surface area contributed by atoms with E-state index < -0.39 is 0 Å². The van der Waals surface area contributed by atoms with Crippen LogP contribution in [-0.4, -0.2) is 7.11 Å². The number of hydrogen-bond acceptors (Lipinski definition) is 1. The van der Waals surface area contributed by atoms with Crippen LogP contribution in [0.5, 0.6) is 0 Å². The number of ether oxygens (including phenoxy) is 1. The van der Waals surface area contributed by atoms with Crippen LogP contribution >= 0.6 is 59.9 Å². The van der Waals surface area contributed by atoms with E-state index in [1.807, 2.05) is 0 Å². The molecular weight excluding hydrogens is 520 g/mol. The SMILES string of the molecule is CCCC.[CH2-]OC.[I][V]([I])[I]. The van der Waals surface area contributed by atoms with Gasteiger partial charge in [0.15, 0.2) is 0 Å². The molecule has 0 saturated carbocycles. The summed E-state index contributed by atoms with van der Waals surface area (Å²) in [4.78, 5) is -0.278. The Bertz CT molecular complexity index is 42.1.